The van der Waals surface area contributed by atoms with Gasteiger partial charge in [-0.15, -0.1) is 0 Å². The SMILES string of the molecule is CSCCC(NC(=O)C(CC(C)C)NC(=O)C(NC(=O)C1CCCN1)C(C)O)C(=O)O. The fraction of sp³-hybridized carbons (Fsp3) is 0.800. The quantitative estimate of drug-likeness (QED) is 0.214. The minimum Gasteiger partial charge on any atom is -0.480 e. The molecule has 0 radical (unpaired) electrons. The molecule has 0 bridgehead atoms. The van der Waals surface area contributed by atoms with E-state index in [-0.39, 0.29) is 24.7 Å². The van der Waals surface area contributed by atoms with E-state index in [4.69, 9.17) is 0 Å². The van der Waals surface area contributed by atoms with Gasteiger partial charge >= 0.3 is 5.97 Å². The van der Waals surface area contributed by atoms with E-state index >= 15 is 0 Å². The Morgan fingerprint density at radius 3 is 2.19 bits per heavy atom. The molecule has 5 unspecified atom stereocenters. The predicted molar refractivity (Wildman–Crippen MR) is 119 cm³/mol. The Kier molecular flexibility index (Phi) is 11.9. The Bertz CT molecular complexity index is 625. The van der Waals surface area contributed by atoms with Crippen LogP contribution in [0.5, 0.6) is 0 Å². The van der Waals surface area contributed by atoms with Gasteiger partial charge < -0.3 is 31.5 Å². The first kappa shape index (κ1) is 27.2. The molecule has 0 aliphatic carbocycles. The van der Waals surface area contributed by atoms with Gasteiger partial charge in [0.1, 0.15) is 18.1 Å². The van der Waals surface area contributed by atoms with Gasteiger partial charge in [0.05, 0.1) is 12.1 Å². The number of nitrogens with one attached hydrogen (secondary N) is 4. The molecule has 0 aromatic heterocycles. The number of rotatable bonds is 13. The highest BCUT2D eigenvalue weighted by molar-refractivity contribution is 7.98. The van der Waals surface area contributed by atoms with E-state index in [1.54, 1.807) is 0 Å². The topological polar surface area (TPSA) is 157 Å². The summed E-state index contributed by atoms with van der Waals surface area (Å²) in [5.41, 5.74) is 0. The summed E-state index contributed by atoms with van der Waals surface area (Å²) < 4.78 is 0. The standard InChI is InChI=1S/C20H36N4O6S/c1-11(2)10-15(18(27)22-14(20(29)30)7-9-31-4)23-19(28)16(12(3)25)24-17(26)13-6-5-8-21-13/h11-16,21,25H,5-10H2,1-4H3,(H,22,27)(H,23,28)(H,24,26)(H,29,30). The van der Waals surface area contributed by atoms with Crippen molar-refractivity contribution in [1.82, 2.24) is 21.3 Å². The Balaban J connectivity index is 2.86. The van der Waals surface area contributed by atoms with Crippen LogP contribution in [-0.4, -0.2) is 82.7 Å². The molecule has 11 heteroatoms. The van der Waals surface area contributed by atoms with Crippen LogP contribution in [0.1, 0.15) is 46.5 Å². The van der Waals surface area contributed by atoms with Crippen LogP contribution >= 0.6 is 11.8 Å². The number of carbonyl (C=O) groups is 4. The van der Waals surface area contributed by atoms with E-state index in [0.29, 0.717) is 18.7 Å². The number of thioether (sulfide) groups is 1. The van der Waals surface area contributed by atoms with Crippen molar-refractivity contribution in [2.45, 2.75) is 76.7 Å². The van der Waals surface area contributed by atoms with Crippen molar-refractivity contribution in [2.75, 3.05) is 18.6 Å². The Morgan fingerprint density at radius 2 is 1.71 bits per heavy atom. The first-order valence-electron chi connectivity index (χ1n) is 10.6. The average Bonchev–Trinajstić information content (AvgIpc) is 3.22. The van der Waals surface area contributed by atoms with Crippen molar-refractivity contribution < 1.29 is 29.4 Å². The smallest absolute Gasteiger partial charge is 0.326 e. The van der Waals surface area contributed by atoms with Crippen LogP contribution in [0.4, 0.5) is 0 Å². The zero-order chi connectivity index (χ0) is 23.6. The molecular formula is C20H36N4O6S. The summed E-state index contributed by atoms with van der Waals surface area (Å²) in [5, 5.41) is 30.1. The van der Waals surface area contributed by atoms with Gasteiger partial charge in [-0.25, -0.2) is 4.79 Å². The van der Waals surface area contributed by atoms with Crippen molar-refractivity contribution in [1.29, 1.82) is 0 Å². The lowest BCUT2D eigenvalue weighted by Crippen LogP contribution is -2.59. The zero-order valence-corrected chi connectivity index (χ0v) is 19.5. The number of amides is 3. The summed E-state index contributed by atoms with van der Waals surface area (Å²) >= 11 is 1.47. The molecule has 0 aromatic carbocycles. The van der Waals surface area contributed by atoms with Crippen LogP contribution in [-0.2, 0) is 19.2 Å². The molecule has 0 aromatic rings. The zero-order valence-electron chi connectivity index (χ0n) is 18.6. The molecule has 1 heterocycles. The van der Waals surface area contributed by atoms with Crippen LogP contribution in [0.15, 0.2) is 0 Å². The second kappa shape index (κ2) is 13.5. The van der Waals surface area contributed by atoms with Gasteiger partial charge in [-0.1, -0.05) is 13.8 Å². The van der Waals surface area contributed by atoms with E-state index in [1.165, 1.54) is 18.7 Å². The predicted octanol–water partition coefficient (Wildman–Crippen LogP) is -0.543. The van der Waals surface area contributed by atoms with Crippen molar-refractivity contribution in [2.24, 2.45) is 5.92 Å². The first-order chi connectivity index (χ1) is 14.6. The highest BCUT2D eigenvalue weighted by Gasteiger charge is 2.33. The maximum absolute atomic E-state index is 12.8. The molecule has 31 heavy (non-hydrogen) atoms. The summed E-state index contributed by atoms with van der Waals surface area (Å²) in [6.45, 7) is 5.83. The number of aliphatic hydroxyl groups is 1. The molecule has 10 nitrogen and oxygen atoms in total. The van der Waals surface area contributed by atoms with Crippen LogP contribution in [0.2, 0.25) is 0 Å². The summed E-state index contributed by atoms with van der Waals surface area (Å²) in [6, 6.07) is -3.71. The van der Waals surface area contributed by atoms with Crippen LogP contribution in [0.25, 0.3) is 0 Å². The molecule has 3 amide bonds. The number of carbonyl (C=O) groups excluding carboxylic acids is 3. The molecule has 0 spiro atoms. The fourth-order valence-corrected chi connectivity index (χ4v) is 3.77. The molecule has 5 atom stereocenters. The largest absolute Gasteiger partial charge is 0.480 e. The van der Waals surface area contributed by atoms with E-state index in [0.717, 1.165) is 6.42 Å². The molecule has 6 N–H and O–H groups in total. The number of hydrogen-bond acceptors (Lipinski definition) is 7. The minimum absolute atomic E-state index is 0.0350. The second-order valence-electron chi connectivity index (χ2n) is 8.25. The number of carboxylic acid groups (broad SMARTS) is 1. The third-order valence-corrected chi connectivity index (χ3v) is 5.65. The summed E-state index contributed by atoms with van der Waals surface area (Å²) in [7, 11) is 0. The average molecular weight is 461 g/mol. The lowest BCUT2D eigenvalue weighted by Gasteiger charge is -2.27. The summed E-state index contributed by atoms with van der Waals surface area (Å²) in [6.07, 6.45) is 2.68. The third kappa shape index (κ3) is 9.44. The number of aliphatic carboxylic acids is 1. The molecule has 0 saturated carbocycles. The van der Waals surface area contributed by atoms with Gasteiger partial charge in [0, 0.05) is 0 Å². The van der Waals surface area contributed by atoms with Crippen LogP contribution < -0.4 is 21.3 Å². The van der Waals surface area contributed by atoms with Crippen molar-refractivity contribution >= 4 is 35.5 Å². The Hall–Kier alpha value is -1.85. The number of carboxylic acids is 1. The maximum atomic E-state index is 12.8. The molecule has 1 aliphatic heterocycles. The van der Waals surface area contributed by atoms with E-state index in [2.05, 4.69) is 21.3 Å². The van der Waals surface area contributed by atoms with E-state index < -0.39 is 48.1 Å². The molecular weight excluding hydrogens is 424 g/mol. The fourth-order valence-electron chi connectivity index (χ4n) is 3.30. The number of hydrogen-bond donors (Lipinski definition) is 6. The third-order valence-electron chi connectivity index (χ3n) is 5.00. The normalized spacial score (nSPS) is 19.9. The molecule has 1 rings (SSSR count). The lowest BCUT2D eigenvalue weighted by atomic mass is 10.0. The number of aliphatic hydroxyl groups excluding tert-OH is 1. The summed E-state index contributed by atoms with van der Waals surface area (Å²) in [5.74, 6) is -2.24. The first-order valence-corrected chi connectivity index (χ1v) is 12.0. The van der Waals surface area contributed by atoms with Crippen molar-refractivity contribution in [3.8, 4) is 0 Å². The van der Waals surface area contributed by atoms with Crippen molar-refractivity contribution in [3.05, 3.63) is 0 Å². The lowest BCUT2D eigenvalue weighted by molar-refractivity contribution is -0.142. The molecule has 1 fully saturated rings. The maximum Gasteiger partial charge on any atom is 0.326 e. The van der Waals surface area contributed by atoms with Gasteiger partial charge in [-0.2, -0.15) is 11.8 Å². The van der Waals surface area contributed by atoms with Gasteiger partial charge in [-0.05, 0) is 57.1 Å². The highest BCUT2D eigenvalue weighted by atomic mass is 32.2. The van der Waals surface area contributed by atoms with Gasteiger partial charge in [0.25, 0.3) is 0 Å². The second-order valence-corrected chi connectivity index (χ2v) is 9.23. The summed E-state index contributed by atoms with van der Waals surface area (Å²) in [4.78, 5) is 49.4. The van der Waals surface area contributed by atoms with Crippen molar-refractivity contribution in [3.63, 3.8) is 0 Å². The van der Waals surface area contributed by atoms with Gasteiger partial charge in [0.2, 0.25) is 17.7 Å². The van der Waals surface area contributed by atoms with Gasteiger partial charge in [0.15, 0.2) is 0 Å². The van der Waals surface area contributed by atoms with E-state index in [1.807, 2.05) is 20.1 Å². The minimum atomic E-state index is -1.23. The monoisotopic (exact) mass is 460 g/mol. The molecule has 178 valence electrons. The van der Waals surface area contributed by atoms with Crippen LogP contribution in [0.3, 0.4) is 0 Å². The molecule has 1 aliphatic rings. The van der Waals surface area contributed by atoms with Gasteiger partial charge in [-0.3, -0.25) is 14.4 Å². The highest BCUT2D eigenvalue weighted by Crippen LogP contribution is 2.09. The van der Waals surface area contributed by atoms with Crippen LogP contribution in [0, 0.1) is 5.92 Å². The Morgan fingerprint density at radius 1 is 1.06 bits per heavy atom. The Labute approximate surface area is 187 Å². The molecule has 1 saturated heterocycles. The van der Waals surface area contributed by atoms with E-state index in [9.17, 15) is 29.4 Å².